The minimum Gasteiger partial charge on any atom is -0.481 e. The molecule has 21 heavy (non-hydrogen) atoms. The van der Waals surface area contributed by atoms with Crippen molar-refractivity contribution in [2.75, 3.05) is 6.54 Å². The van der Waals surface area contributed by atoms with Gasteiger partial charge in [-0.1, -0.05) is 18.2 Å². The number of aryl methyl sites for hydroxylation is 1. The van der Waals surface area contributed by atoms with E-state index in [2.05, 4.69) is 10.3 Å². The van der Waals surface area contributed by atoms with E-state index >= 15 is 0 Å². The number of nitrogens with one attached hydrogen (secondary N) is 1. The molecule has 6 heteroatoms. The minimum atomic E-state index is -0.945. The van der Waals surface area contributed by atoms with Crippen LogP contribution in [0.4, 0.5) is 0 Å². The molecule has 1 amide bonds. The Kier molecular flexibility index (Phi) is 4.71. The summed E-state index contributed by atoms with van der Waals surface area (Å²) in [5.74, 6) is -0.157. The largest absolute Gasteiger partial charge is 0.481 e. The first-order chi connectivity index (χ1) is 10.1. The van der Waals surface area contributed by atoms with E-state index in [0.717, 1.165) is 5.56 Å². The normalized spacial score (nSPS) is 10.3. The molecule has 0 atom stereocenters. The summed E-state index contributed by atoms with van der Waals surface area (Å²) in [6.07, 6.45) is -0.0272. The first-order valence-electron chi connectivity index (χ1n) is 6.56. The van der Waals surface area contributed by atoms with Crippen LogP contribution in [0.15, 0.2) is 34.7 Å². The molecule has 0 spiro atoms. The number of nitrogens with zero attached hydrogens (tertiary/aromatic N) is 1. The number of aliphatic carboxylic acids is 1. The molecule has 2 rings (SSSR count). The average molecular weight is 288 g/mol. The van der Waals surface area contributed by atoms with E-state index in [1.54, 1.807) is 6.92 Å². The van der Waals surface area contributed by atoms with Crippen LogP contribution in [-0.4, -0.2) is 28.5 Å². The first-order valence-corrected chi connectivity index (χ1v) is 6.56. The van der Waals surface area contributed by atoms with Gasteiger partial charge in [0.15, 0.2) is 0 Å². The first kappa shape index (κ1) is 14.8. The number of oxazole rings is 1. The predicted octanol–water partition coefficient (Wildman–Crippen LogP) is 1.78. The van der Waals surface area contributed by atoms with E-state index in [-0.39, 0.29) is 25.3 Å². The number of carbonyl (C=O) groups excluding carboxylic acids is 1. The van der Waals surface area contributed by atoms with Crippen LogP contribution < -0.4 is 5.32 Å². The van der Waals surface area contributed by atoms with Gasteiger partial charge in [-0.2, -0.15) is 0 Å². The number of aromatic nitrogens is 1. The molecule has 0 aliphatic carbocycles. The van der Waals surface area contributed by atoms with Crippen molar-refractivity contribution >= 4 is 11.9 Å². The molecule has 0 fully saturated rings. The van der Waals surface area contributed by atoms with Crippen LogP contribution in [0.1, 0.15) is 17.9 Å². The maximum atomic E-state index is 11.7. The topological polar surface area (TPSA) is 92.4 Å². The van der Waals surface area contributed by atoms with Gasteiger partial charge in [-0.15, -0.1) is 0 Å². The molecule has 1 aromatic heterocycles. The van der Waals surface area contributed by atoms with Crippen LogP contribution in [-0.2, 0) is 16.0 Å². The molecule has 0 saturated carbocycles. The number of hydrogen-bond donors (Lipinski definition) is 2. The van der Waals surface area contributed by atoms with Crippen molar-refractivity contribution in [3.63, 3.8) is 0 Å². The number of carboxylic acid groups (broad SMARTS) is 1. The standard InChI is InChI=1S/C15H16N2O4/c1-10-12(9-13(18)16-8-7-14(19)20)17-15(21-10)11-5-3-2-4-6-11/h2-6H,7-9H2,1H3,(H,16,18)(H,19,20). The molecule has 0 saturated heterocycles. The monoisotopic (exact) mass is 288 g/mol. The van der Waals surface area contributed by atoms with Gasteiger partial charge in [0.05, 0.1) is 18.5 Å². The summed E-state index contributed by atoms with van der Waals surface area (Å²) in [6, 6.07) is 9.42. The fourth-order valence-corrected chi connectivity index (χ4v) is 1.82. The van der Waals surface area contributed by atoms with Crippen molar-refractivity contribution in [3.8, 4) is 11.5 Å². The van der Waals surface area contributed by atoms with Crippen LogP contribution in [0.2, 0.25) is 0 Å². The third-order valence-corrected chi connectivity index (χ3v) is 2.90. The number of rotatable bonds is 6. The Morgan fingerprint density at radius 3 is 2.67 bits per heavy atom. The molecule has 0 aliphatic rings. The predicted molar refractivity (Wildman–Crippen MR) is 75.6 cm³/mol. The molecule has 0 bridgehead atoms. The SMILES string of the molecule is Cc1oc(-c2ccccc2)nc1CC(=O)NCCC(=O)O. The summed E-state index contributed by atoms with van der Waals surface area (Å²) in [5.41, 5.74) is 1.40. The third-order valence-electron chi connectivity index (χ3n) is 2.90. The number of carboxylic acids is 1. The van der Waals surface area contributed by atoms with E-state index in [4.69, 9.17) is 9.52 Å². The second kappa shape index (κ2) is 6.69. The zero-order valence-corrected chi connectivity index (χ0v) is 11.6. The highest BCUT2D eigenvalue weighted by Crippen LogP contribution is 2.21. The van der Waals surface area contributed by atoms with Gasteiger partial charge in [0, 0.05) is 12.1 Å². The summed E-state index contributed by atoms with van der Waals surface area (Å²) in [4.78, 5) is 26.4. The zero-order valence-electron chi connectivity index (χ0n) is 11.6. The summed E-state index contributed by atoms with van der Waals surface area (Å²) in [7, 11) is 0. The molecule has 0 aliphatic heterocycles. The maximum absolute atomic E-state index is 11.7. The van der Waals surface area contributed by atoms with Crippen LogP contribution in [0.5, 0.6) is 0 Å². The Hall–Kier alpha value is -2.63. The molecule has 6 nitrogen and oxygen atoms in total. The fraction of sp³-hybridized carbons (Fsp3) is 0.267. The Morgan fingerprint density at radius 2 is 2.00 bits per heavy atom. The smallest absolute Gasteiger partial charge is 0.305 e. The molecule has 1 aromatic carbocycles. The van der Waals surface area contributed by atoms with Gasteiger partial charge in [0.2, 0.25) is 11.8 Å². The third kappa shape index (κ3) is 4.17. The maximum Gasteiger partial charge on any atom is 0.305 e. The van der Waals surface area contributed by atoms with Crippen LogP contribution in [0.25, 0.3) is 11.5 Å². The number of hydrogen-bond acceptors (Lipinski definition) is 4. The number of amides is 1. The molecule has 110 valence electrons. The van der Waals surface area contributed by atoms with Crippen molar-refractivity contribution < 1.29 is 19.1 Å². The van der Waals surface area contributed by atoms with Gasteiger partial charge < -0.3 is 14.8 Å². The molecule has 2 aromatic rings. The molecular weight excluding hydrogens is 272 g/mol. The Labute approximate surface area is 121 Å². The van der Waals surface area contributed by atoms with Crippen LogP contribution in [0, 0.1) is 6.92 Å². The van der Waals surface area contributed by atoms with Gasteiger partial charge in [-0.25, -0.2) is 4.98 Å². The highest BCUT2D eigenvalue weighted by molar-refractivity contribution is 5.79. The molecule has 0 radical (unpaired) electrons. The Balaban J connectivity index is 2.00. The molecule has 0 unspecified atom stereocenters. The highest BCUT2D eigenvalue weighted by Gasteiger charge is 2.14. The molecular formula is C15H16N2O4. The summed E-state index contributed by atoms with van der Waals surface area (Å²) in [6.45, 7) is 1.86. The lowest BCUT2D eigenvalue weighted by Gasteiger charge is -2.01. The summed E-state index contributed by atoms with van der Waals surface area (Å²) < 4.78 is 5.56. The van der Waals surface area contributed by atoms with Gasteiger partial charge in [0.25, 0.3) is 0 Å². The second-order valence-electron chi connectivity index (χ2n) is 4.56. The van der Waals surface area contributed by atoms with Crippen molar-refractivity contribution in [1.82, 2.24) is 10.3 Å². The zero-order chi connectivity index (χ0) is 15.2. The fourth-order valence-electron chi connectivity index (χ4n) is 1.82. The van der Waals surface area contributed by atoms with E-state index in [1.807, 2.05) is 30.3 Å². The van der Waals surface area contributed by atoms with E-state index < -0.39 is 5.97 Å². The lowest BCUT2D eigenvalue weighted by atomic mass is 10.2. The van der Waals surface area contributed by atoms with Crippen molar-refractivity contribution in [1.29, 1.82) is 0 Å². The van der Waals surface area contributed by atoms with Crippen molar-refractivity contribution in [3.05, 3.63) is 41.8 Å². The van der Waals surface area contributed by atoms with Gasteiger partial charge in [-0.05, 0) is 19.1 Å². The average Bonchev–Trinajstić information content (AvgIpc) is 2.81. The lowest BCUT2D eigenvalue weighted by molar-refractivity contribution is -0.136. The van der Waals surface area contributed by atoms with Crippen LogP contribution >= 0.6 is 0 Å². The Bertz CT molecular complexity index is 634. The number of benzene rings is 1. The highest BCUT2D eigenvalue weighted by atomic mass is 16.4. The second-order valence-corrected chi connectivity index (χ2v) is 4.56. The molecule has 1 heterocycles. The van der Waals surface area contributed by atoms with E-state index in [0.29, 0.717) is 17.3 Å². The number of carbonyl (C=O) groups is 2. The Morgan fingerprint density at radius 1 is 1.29 bits per heavy atom. The van der Waals surface area contributed by atoms with Crippen LogP contribution in [0.3, 0.4) is 0 Å². The van der Waals surface area contributed by atoms with E-state index in [1.165, 1.54) is 0 Å². The van der Waals surface area contributed by atoms with Gasteiger partial charge in [-0.3, -0.25) is 9.59 Å². The molecule has 2 N–H and O–H groups in total. The summed E-state index contributed by atoms with van der Waals surface area (Å²) >= 11 is 0. The summed E-state index contributed by atoms with van der Waals surface area (Å²) in [5, 5.41) is 11.0. The minimum absolute atomic E-state index is 0.0712. The van der Waals surface area contributed by atoms with E-state index in [9.17, 15) is 9.59 Å². The van der Waals surface area contributed by atoms with Gasteiger partial charge >= 0.3 is 5.97 Å². The quantitative estimate of drug-likeness (QED) is 0.845. The van der Waals surface area contributed by atoms with Crippen molar-refractivity contribution in [2.24, 2.45) is 0 Å². The lowest BCUT2D eigenvalue weighted by Crippen LogP contribution is -2.27. The van der Waals surface area contributed by atoms with Crippen molar-refractivity contribution in [2.45, 2.75) is 19.8 Å². The van der Waals surface area contributed by atoms with Gasteiger partial charge in [0.1, 0.15) is 5.76 Å².